The van der Waals surface area contributed by atoms with E-state index in [2.05, 4.69) is 70.0 Å². The lowest BCUT2D eigenvalue weighted by Crippen LogP contribution is -2.27. The average molecular weight is 290 g/mol. The maximum atomic E-state index is 5.09. The zero-order chi connectivity index (χ0) is 15.1. The average Bonchev–Trinajstić information content (AvgIpc) is 2.27. The van der Waals surface area contributed by atoms with E-state index in [1.54, 1.807) is 0 Å². The molecule has 4 nitrogen and oxygen atoms in total. The van der Waals surface area contributed by atoms with E-state index in [-0.39, 0.29) is 5.54 Å². The van der Waals surface area contributed by atoms with Gasteiger partial charge in [-0.1, -0.05) is 13.8 Å². The predicted molar refractivity (Wildman–Crippen MR) is 89.2 cm³/mol. The van der Waals surface area contributed by atoms with Crippen LogP contribution in [0.25, 0.3) is 0 Å². The van der Waals surface area contributed by atoms with Crippen LogP contribution >= 0.6 is 8.01 Å². The maximum absolute atomic E-state index is 5.09. The van der Waals surface area contributed by atoms with Crippen LogP contribution in [0.15, 0.2) is 4.74 Å². The third-order valence-electron chi connectivity index (χ3n) is 2.92. The maximum Gasteiger partial charge on any atom is 0.0848 e. The smallest absolute Gasteiger partial charge is 0.0848 e. The molecule has 0 fully saturated rings. The molecule has 0 aliphatic rings. The number of hydrogen-bond donors (Lipinski definition) is 0. The van der Waals surface area contributed by atoms with Crippen molar-refractivity contribution in [3.63, 3.8) is 0 Å². The van der Waals surface area contributed by atoms with Gasteiger partial charge in [-0.3, -0.25) is 14.1 Å². The van der Waals surface area contributed by atoms with Crippen LogP contribution in [0, 0.1) is 0 Å². The molecule has 0 bridgehead atoms. The van der Waals surface area contributed by atoms with Crippen molar-refractivity contribution in [2.45, 2.75) is 46.6 Å². The van der Waals surface area contributed by atoms with Crippen LogP contribution in [0.1, 0.15) is 41.0 Å². The minimum atomic E-state index is -0.945. The Hall–Kier alpha value is 0.110. The molecule has 0 radical (unpaired) electrons. The molecule has 0 rings (SSSR count). The Labute approximate surface area is 121 Å². The Morgan fingerprint density at radius 1 is 0.947 bits per heavy atom. The molecule has 0 amide bonds. The standard InChI is InChI=1S/C14H35N4P/c1-9-18(10-2)19(15-14(3,4)5)17(8)13-11-12-16(6)7/h19H,9-13H2,1-8H3. The van der Waals surface area contributed by atoms with Crippen molar-refractivity contribution in [3.05, 3.63) is 0 Å². The second-order valence-electron chi connectivity index (χ2n) is 6.33. The molecule has 0 heterocycles. The Balaban J connectivity index is 4.78. The van der Waals surface area contributed by atoms with Gasteiger partial charge in [0.1, 0.15) is 0 Å². The fourth-order valence-corrected chi connectivity index (χ4v) is 4.25. The van der Waals surface area contributed by atoms with E-state index in [1.807, 2.05) is 0 Å². The molecule has 0 saturated heterocycles. The quantitative estimate of drug-likeness (QED) is 0.641. The molecule has 116 valence electrons. The molecule has 5 heteroatoms. The van der Waals surface area contributed by atoms with Crippen molar-refractivity contribution < 1.29 is 0 Å². The molecule has 0 aliphatic heterocycles. The van der Waals surface area contributed by atoms with Crippen LogP contribution in [-0.2, 0) is 0 Å². The lowest BCUT2D eigenvalue weighted by Gasteiger charge is -2.32. The molecule has 19 heavy (non-hydrogen) atoms. The van der Waals surface area contributed by atoms with E-state index in [0.29, 0.717) is 0 Å². The molecule has 1 unspecified atom stereocenters. The van der Waals surface area contributed by atoms with Crippen molar-refractivity contribution >= 4 is 8.01 Å². The zero-order valence-corrected chi connectivity index (χ0v) is 15.3. The molecule has 0 saturated carbocycles. The first-order valence-electron chi connectivity index (χ1n) is 7.42. The topological polar surface area (TPSA) is 22.1 Å². The molecule has 0 aromatic heterocycles. The second kappa shape index (κ2) is 9.12. The Morgan fingerprint density at radius 2 is 1.47 bits per heavy atom. The minimum Gasteiger partial charge on any atom is -0.309 e. The number of nitrogens with zero attached hydrogens (tertiary/aromatic N) is 4. The normalized spacial score (nSPS) is 14.9. The summed E-state index contributed by atoms with van der Waals surface area (Å²) < 4.78 is 10.1. The fraction of sp³-hybridized carbons (Fsp3) is 1.00. The largest absolute Gasteiger partial charge is 0.309 e. The number of rotatable bonds is 8. The summed E-state index contributed by atoms with van der Waals surface area (Å²) in [7, 11) is 5.56. The monoisotopic (exact) mass is 290 g/mol. The lowest BCUT2D eigenvalue weighted by atomic mass is 10.1. The van der Waals surface area contributed by atoms with Gasteiger partial charge in [0.15, 0.2) is 0 Å². The highest BCUT2D eigenvalue weighted by molar-refractivity contribution is 7.42. The van der Waals surface area contributed by atoms with E-state index in [4.69, 9.17) is 4.74 Å². The molecule has 0 aromatic rings. The molecular weight excluding hydrogens is 255 g/mol. The summed E-state index contributed by atoms with van der Waals surface area (Å²) in [6.07, 6.45) is 1.21. The molecule has 0 aliphatic carbocycles. The SMILES string of the molecule is CCN(CC)/[PH](=N\C(C)(C)C)N(C)CCCN(C)C. The van der Waals surface area contributed by atoms with Gasteiger partial charge in [-0.05, 0) is 54.9 Å². The summed E-state index contributed by atoms with van der Waals surface area (Å²) in [5.41, 5.74) is 0.0483. The summed E-state index contributed by atoms with van der Waals surface area (Å²) >= 11 is 0. The van der Waals surface area contributed by atoms with Gasteiger partial charge >= 0.3 is 0 Å². The van der Waals surface area contributed by atoms with Crippen molar-refractivity contribution in [2.75, 3.05) is 47.3 Å². The van der Waals surface area contributed by atoms with Crippen LogP contribution in [0.4, 0.5) is 0 Å². The highest BCUT2D eigenvalue weighted by Gasteiger charge is 2.16. The van der Waals surface area contributed by atoms with E-state index in [9.17, 15) is 0 Å². The van der Waals surface area contributed by atoms with E-state index >= 15 is 0 Å². The zero-order valence-electron chi connectivity index (χ0n) is 14.3. The summed E-state index contributed by atoms with van der Waals surface area (Å²) in [6.45, 7) is 15.5. The third kappa shape index (κ3) is 8.80. The summed E-state index contributed by atoms with van der Waals surface area (Å²) in [6, 6.07) is 0. The van der Waals surface area contributed by atoms with Gasteiger partial charge in [-0.25, -0.2) is 0 Å². The van der Waals surface area contributed by atoms with Crippen LogP contribution in [0.5, 0.6) is 0 Å². The molecule has 0 N–H and O–H groups in total. The molecular formula is C14H35N4P. The summed E-state index contributed by atoms with van der Waals surface area (Å²) in [4.78, 5) is 2.25. The first kappa shape index (κ1) is 19.1. The van der Waals surface area contributed by atoms with Gasteiger partial charge in [0, 0.05) is 19.6 Å². The lowest BCUT2D eigenvalue weighted by molar-refractivity contribution is 0.368. The van der Waals surface area contributed by atoms with E-state index in [0.717, 1.165) is 26.2 Å². The second-order valence-corrected chi connectivity index (χ2v) is 8.55. The van der Waals surface area contributed by atoms with Crippen molar-refractivity contribution in [3.8, 4) is 0 Å². The van der Waals surface area contributed by atoms with Gasteiger partial charge in [0.25, 0.3) is 0 Å². The molecule has 0 aromatic carbocycles. The van der Waals surface area contributed by atoms with Gasteiger partial charge in [-0.2, -0.15) is 0 Å². The first-order valence-corrected chi connectivity index (χ1v) is 8.76. The first-order chi connectivity index (χ1) is 8.71. The predicted octanol–water partition coefficient (Wildman–Crippen LogP) is 3.24. The molecule has 1 atom stereocenters. The third-order valence-corrected chi connectivity index (χ3v) is 5.90. The van der Waals surface area contributed by atoms with Gasteiger partial charge in [0.2, 0.25) is 0 Å². The Kier molecular flexibility index (Phi) is 9.17. The van der Waals surface area contributed by atoms with Crippen LogP contribution in [0.2, 0.25) is 0 Å². The van der Waals surface area contributed by atoms with Crippen LogP contribution in [0.3, 0.4) is 0 Å². The van der Waals surface area contributed by atoms with Crippen molar-refractivity contribution in [2.24, 2.45) is 4.74 Å². The highest BCUT2D eigenvalue weighted by atomic mass is 31.1. The number of hydrogen-bond acceptors (Lipinski definition) is 2. The highest BCUT2D eigenvalue weighted by Crippen LogP contribution is 2.37. The van der Waals surface area contributed by atoms with Crippen LogP contribution in [-0.4, -0.2) is 67.1 Å². The van der Waals surface area contributed by atoms with Crippen LogP contribution < -0.4 is 0 Å². The van der Waals surface area contributed by atoms with Crippen molar-refractivity contribution in [1.29, 1.82) is 0 Å². The summed E-state index contributed by atoms with van der Waals surface area (Å²) in [5, 5.41) is 0. The van der Waals surface area contributed by atoms with Gasteiger partial charge in [0.05, 0.1) is 13.6 Å². The molecule has 0 spiro atoms. The van der Waals surface area contributed by atoms with Crippen molar-refractivity contribution in [1.82, 2.24) is 14.2 Å². The van der Waals surface area contributed by atoms with Gasteiger partial charge < -0.3 is 4.90 Å². The van der Waals surface area contributed by atoms with Gasteiger partial charge in [-0.15, -0.1) is 0 Å². The fourth-order valence-electron chi connectivity index (χ4n) is 1.93. The van der Waals surface area contributed by atoms with E-state index in [1.165, 1.54) is 6.42 Å². The Bertz CT molecular complexity index is 267. The van der Waals surface area contributed by atoms with E-state index < -0.39 is 8.01 Å². The minimum absolute atomic E-state index is 0.0483. The Morgan fingerprint density at radius 3 is 1.84 bits per heavy atom. The summed E-state index contributed by atoms with van der Waals surface area (Å²) in [5.74, 6) is 0.